The number of allylic oxidation sites excluding steroid dienone is 2. The molecule has 2 aliphatic carbocycles. The molecule has 1 saturated carbocycles. The second kappa shape index (κ2) is 3.68. The first kappa shape index (κ1) is 10.2. The molecular weight excluding hydrogens is 194 g/mol. The van der Waals surface area contributed by atoms with Gasteiger partial charge in [0.2, 0.25) is 5.91 Å². The summed E-state index contributed by atoms with van der Waals surface area (Å²) in [7, 11) is 0. The van der Waals surface area contributed by atoms with Crippen molar-refractivity contribution in [2.45, 2.75) is 25.8 Å². The molecule has 4 nitrogen and oxygen atoms in total. The second-order valence-corrected chi connectivity index (χ2v) is 4.46. The maximum atomic E-state index is 11.7. The molecule has 2 N–H and O–H groups in total. The number of carboxylic acids is 1. The van der Waals surface area contributed by atoms with E-state index in [9.17, 15) is 9.59 Å². The summed E-state index contributed by atoms with van der Waals surface area (Å²) in [5.41, 5.74) is 0. The Morgan fingerprint density at radius 1 is 1.40 bits per heavy atom. The molecule has 15 heavy (non-hydrogen) atoms. The van der Waals surface area contributed by atoms with Gasteiger partial charge in [-0.05, 0) is 31.6 Å². The molecule has 0 aromatic heterocycles. The molecule has 4 unspecified atom stereocenters. The largest absolute Gasteiger partial charge is 0.480 e. The first-order valence-electron chi connectivity index (χ1n) is 5.29. The van der Waals surface area contributed by atoms with Crippen LogP contribution in [0.15, 0.2) is 12.2 Å². The van der Waals surface area contributed by atoms with Gasteiger partial charge < -0.3 is 10.4 Å². The molecular formula is C11H15NO3. The van der Waals surface area contributed by atoms with E-state index in [0.29, 0.717) is 11.8 Å². The molecule has 0 spiro atoms. The van der Waals surface area contributed by atoms with E-state index in [1.807, 2.05) is 0 Å². The predicted molar refractivity (Wildman–Crippen MR) is 54.1 cm³/mol. The second-order valence-electron chi connectivity index (χ2n) is 4.46. The lowest BCUT2D eigenvalue weighted by atomic mass is 9.92. The van der Waals surface area contributed by atoms with Crippen molar-refractivity contribution in [1.29, 1.82) is 0 Å². The van der Waals surface area contributed by atoms with E-state index >= 15 is 0 Å². The Balaban J connectivity index is 1.92. The molecule has 4 atom stereocenters. The van der Waals surface area contributed by atoms with Crippen molar-refractivity contribution in [1.82, 2.24) is 5.32 Å². The van der Waals surface area contributed by atoms with Crippen LogP contribution < -0.4 is 5.32 Å². The monoisotopic (exact) mass is 209 g/mol. The smallest absolute Gasteiger partial charge is 0.325 e. The highest BCUT2D eigenvalue weighted by atomic mass is 16.4. The van der Waals surface area contributed by atoms with Gasteiger partial charge in [-0.1, -0.05) is 12.2 Å². The van der Waals surface area contributed by atoms with Gasteiger partial charge in [0.15, 0.2) is 0 Å². The number of carbonyl (C=O) groups is 2. The third kappa shape index (κ3) is 1.89. The van der Waals surface area contributed by atoms with Gasteiger partial charge in [0.25, 0.3) is 0 Å². The lowest BCUT2D eigenvalue weighted by Gasteiger charge is -2.19. The van der Waals surface area contributed by atoms with Gasteiger partial charge in [-0.3, -0.25) is 9.59 Å². The van der Waals surface area contributed by atoms with Gasteiger partial charge in [0.05, 0.1) is 0 Å². The minimum absolute atomic E-state index is 0.0122. The van der Waals surface area contributed by atoms with E-state index < -0.39 is 12.0 Å². The highest BCUT2D eigenvalue weighted by Crippen LogP contribution is 2.43. The molecule has 1 amide bonds. The van der Waals surface area contributed by atoms with Crippen LogP contribution >= 0.6 is 0 Å². The molecule has 2 aliphatic rings. The summed E-state index contributed by atoms with van der Waals surface area (Å²) in [6.45, 7) is 1.49. The van der Waals surface area contributed by atoms with Crippen LogP contribution in [0.4, 0.5) is 0 Å². The fourth-order valence-electron chi connectivity index (χ4n) is 2.46. The third-order valence-electron chi connectivity index (χ3n) is 3.34. The SMILES string of the molecule is CC(NC(=O)C1CC2C=CC1C2)C(=O)O. The number of fused-ring (bicyclic) bond motifs is 2. The van der Waals surface area contributed by atoms with Crippen LogP contribution in [0, 0.1) is 17.8 Å². The normalized spacial score (nSPS) is 34.1. The Kier molecular flexibility index (Phi) is 2.50. The summed E-state index contributed by atoms with van der Waals surface area (Å²) in [5, 5.41) is 11.2. The summed E-state index contributed by atoms with van der Waals surface area (Å²) < 4.78 is 0. The Hall–Kier alpha value is -1.32. The molecule has 0 saturated heterocycles. The van der Waals surface area contributed by atoms with Crippen LogP contribution in [-0.4, -0.2) is 23.0 Å². The average Bonchev–Trinajstić information content (AvgIpc) is 2.78. The van der Waals surface area contributed by atoms with Crippen molar-refractivity contribution < 1.29 is 14.7 Å². The van der Waals surface area contributed by atoms with Gasteiger partial charge in [-0.25, -0.2) is 0 Å². The van der Waals surface area contributed by atoms with Crippen LogP contribution in [0.25, 0.3) is 0 Å². The lowest BCUT2D eigenvalue weighted by Crippen LogP contribution is -2.42. The number of hydrogen-bond donors (Lipinski definition) is 2. The maximum absolute atomic E-state index is 11.7. The molecule has 0 aromatic carbocycles. The van der Waals surface area contributed by atoms with Gasteiger partial charge in [0.1, 0.15) is 6.04 Å². The minimum Gasteiger partial charge on any atom is -0.480 e. The highest BCUT2D eigenvalue weighted by Gasteiger charge is 2.40. The van der Waals surface area contributed by atoms with Gasteiger partial charge in [-0.2, -0.15) is 0 Å². The van der Waals surface area contributed by atoms with E-state index in [4.69, 9.17) is 5.11 Å². The van der Waals surface area contributed by atoms with Gasteiger partial charge >= 0.3 is 5.97 Å². The molecule has 82 valence electrons. The van der Waals surface area contributed by atoms with Crippen LogP contribution in [0.3, 0.4) is 0 Å². The number of amides is 1. The Bertz CT molecular complexity index is 324. The van der Waals surface area contributed by atoms with Crippen LogP contribution in [0.5, 0.6) is 0 Å². The zero-order chi connectivity index (χ0) is 11.0. The van der Waals surface area contributed by atoms with Crippen molar-refractivity contribution in [2.75, 3.05) is 0 Å². The number of aliphatic carboxylic acids is 1. The first-order valence-corrected chi connectivity index (χ1v) is 5.29. The molecule has 0 heterocycles. The standard InChI is InChI=1S/C11H15NO3/c1-6(11(14)15)12-10(13)9-5-7-2-3-8(9)4-7/h2-3,6-9H,4-5H2,1H3,(H,12,13)(H,14,15). The average molecular weight is 209 g/mol. The number of carboxylic acid groups (broad SMARTS) is 1. The quantitative estimate of drug-likeness (QED) is 0.675. The summed E-state index contributed by atoms with van der Waals surface area (Å²) >= 11 is 0. The number of rotatable bonds is 3. The lowest BCUT2D eigenvalue weighted by molar-refractivity contribution is -0.142. The summed E-state index contributed by atoms with van der Waals surface area (Å²) in [5.74, 6) is -0.243. The Morgan fingerprint density at radius 2 is 2.13 bits per heavy atom. The van der Waals surface area contributed by atoms with Crippen molar-refractivity contribution in [3.05, 3.63) is 12.2 Å². The maximum Gasteiger partial charge on any atom is 0.325 e. The van der Waals surface area contributed by atoms with E-state index in [1.54, 1.807) is 0 Å². The predicted octanol–water partition coefficient (Wildman–Crippen LogP) is 0.788. The van der Waals surface area contributed by atoms with Crippen molar-refractivity contribution in [2.24, 2.45) is 17.8 Å². The molecule has 2 bridgehead atoms. The number of carbonyl (C=O) groups excluding carboxylic acids is 1. The molecule has 0 radical (unpaired) electrons. The van der Waals surface area contributed by atoms with Gasteiger partial charge in [0, 0.05) is 5.92 Å². The number of nitrogens with one attached hydrogen (secondary N) is 1. The number of hydrogen-bond acceptors (Lipinski definition) is 2. The van der Waals surface area contributed by atoms with E-state index in [2.05, 4.69) is 17.5 Å². The molecule has 1 fully saturated rings. The summed E-state index contributed by atoms with van der Waals surface area (Å²) in [6.07, 6.45) is 6.18. The van der Waals surface area contributed by atoms with Crippen LogP contribution in [0.2, 0.25) is 0 Å². The fourth-order valence-corrected chi connectivity index (χ4v) is 2.46. The van der Waals surface area contributed by atoms with Crippen molar-refractivity contribution in [3.63, 3.8) is 0 Å². The first-order chi connectivity index (χ1) is 7.08. The van der Waals surface area contributed by atoms with Crippen LogP contribution in [0.1, 0.15) is 19.8 Å². The fraction of sp³-hybridized carbons (Fsp3) is 0.636. The summed E-state index contributed by atoms with van der Waals surface area (Å²) in [6, 6.07) is -0.791. The minimum atomic E-state index is -0.984. The summed E-state index contributed by atoms with van der Waals surface area (Å²) in [4.78, 5) is 22.3. The highest BCUT2D eigenvalue weighted by molar-refractivity contribution is 5.85. The zero-order valence-electron chi connectivity index (χ0n) is 8.64. The topological polar surface area (TPSA) is 66.4 Å². The van der Waals surface area contributed by atoms with Crippen LogP contribution in [-0.2, 0) is 9.59 Å². The molecule has 0 aromatic rings. The van der Waals surface area contributed by atoms with Crippen molar-refractivity contribution in [3.8, 4) is 0 Å². The third-order valence-corrected chi connectivity index (χ3v) is 3.34. The van der Waals surface area contributed by atoms with E-state index in [0.717, 1.165) is 12.8 Å². The zero-order valence-corrected chi connectivity index (χ0v) is 8.64. The molecule has 4 heteroatoms. The van der Waals surface area contributed by atoms with E-state index in [1.165, 1.54) is 6.92 Å². The van der Waals surface area contributed by atoms with E-state index in [-0.39, 0.29) is 11.8 Å². The van der Waals surface area contributed by atoms with Gasteiger partial charge in [-0.15, -0.1) is 0 Å². The van der Waals surface area contributed by atoms with Crippen molar-refractivity contribution >= 4 is 11.9 Å². The Labute approximate surface area is 88.4 Å². The Morgan fingerprint density at radius 3 is 2.60 bits per heavy atom. The molecule has 2 rings (SSSR count). The molecule has 0 aliphatic heterocycles.